The van der Waals surface area contributed by atoms with Gasteiger partial charge in [-0.05, 0) is 61.5 Å². The lowest BCUT2D eigenvalue weighted by atomic mass is 9.47. The van der Waals surface area contributed by atoms with Gasteiger partial charge in [0.15, 0.2) is 10.9 Å². The molecule has 5 heteroatoms. The summed E-state index contributed by atoms with van der Waals surface area (Å²) in [5.41, 5.74) is 0.631. The smallest absolute Gasteiger partial charge is 0.195 e. The van der Waals surface area contributed by atoms with Gasteiger partial charge < -0.3 is 5.11 Å². The number of ketones is 1. The van der Waals surface area contributed by atoms with Crippen molar-refractivity contribution in [3.05, 3.63) is 23.8 Å². The predicted octanol–water partition coefficient (Wildman–Crippen LogP) is 4.07. The number of thioether (sulfide) groups is 1. The number of rotatable bonds is 2. The minimum Gasteiger partial charge on any atom is -0.393 e. The highest BCUT2D eigenvalue weighted by atomic mass is 32.2. The van der Waals surface area contributed by atoms with Crippen molar-refractivity contribution >= 4 is 22.7 Å². The molecule has 0 aromatic rings. The molecule has 142 valence electrons. The molecule has 5 unspecified atom stereocenters. The van der Waals surface area contributed by atoms with Crippen molar-refractivity contribution in [1.29, 1.82) is 0 Å². The topological polar surface area (TPSA) is 54.4 Å². The molecular weight excluding hydrogens is 351 g/mol. The van der Waals surface area contributed by atoms with Crippen LogP contribution in [0.25, 0.3) is 0 Å². The van der Waals surface area contributed by atoms with Gasteiger partial charge in [0.1, 0.15) is 6.01 Å². The number of allylic oxidation sites excluding steroid dienone is 4. The van der Waals surface area contributed by atoms with Crippen LogP contribution in [0.5, 0.6) is 0 Å². The number of aliphatic hydroxyl groups excluding tert-OH is 1. The van der Waals surface area contributed by atoms with Crippen molar-refractivity contribution in [2.75, 3.05) is 6.01 Å². The maximum Gasteiger partial charge on any atom is 0.195 e. The van der Waals surface area contributed by atoms with Crippen molar-refractivity contribution in [3.8, 4) is 0 Å². The second kappa shape index (κ2) is 6.30. The van der Waals surface area contributed by atoms with E-state index in [0.29, 0.717) is 18.3 Å². The Balaban J connectivity index is 1.68. The summed E-state index contributed by atoms with van der Waals surface area (Å²) in [5, 5.41) is 11.1. The van der Waals surface area contributed by atoms with Gasteiger partial charge in [-0.25, -0.2) is 4.39 Å². The van der Waals surface area contributed by atoms with E-state index < -0.39 is 12.1 Å². The number of halogens is 1. The van der Waals surface area contributed by atoms with Gasteiger partial charge in [-0.2, -0.15) is 0 Å². The van der Waals surface area contributed by atoms with Crippen molar-refractivity contribution in [3.63, 3.8) is 0 Å². The number of fused-ring (bicyclic) bond motifs is 5. The van der Waals surface area contributed by atoms with Gasteiger partial charge in [0, 0.05) is 17.3 Å². The molecule has 4 aliphatic rings. The molecule has 4 aliphatic carbocycles. The van der Waals surface area contributed by atoms with E-state index in [9.17, 15) is 19.1 Å². The van der Waals surface area contributed by atoms with Crippen molar-refractivity contribution in [1.82, 2.24) is 0 Å². The first-order valence-corrected chi connectivity index (χ1v) is 10.6. The van der Waals surface area contributed by atoms with Crippen LogP contribution < -0.4 is 0 Å². The van der Waals surface area contributed by atoms with E-state index in [1.54, 1.807) is 12.2 Å². The lowest BCUT2D eigenvalue weighted by molar-refractivity contribution is -0.132. The molecule has 4 rings (SSSR count). The van der Waals surface area contributed by atoms with E-state index in [-0.39, 0.29) is 33.6 Å². The van der Waals surface area contributed by atoms with Crippen molar-refractivity contribution in [2.24, 2.45) is 34.5 Å². The summed E-state index contributed by atoms with van der Waals surface area (Å²) >= 11 is 0.786. The Morgan fingerprint density at radius 2 is 2.12 bits per heavy atom. The molecule has 0 aromatic carbocycles. The van der Waals surface area contributed by atoms with E-state index in [2.05, 4.69) is 13.8 Å². The molecule has 0 aliphatic heterocycles. The summed E-state index contributed by atoms with van der Waals surface area (Å²) < 4.78 is 12.7. The third kappa shape index (κ3) is 2.50. The molecule has 3 saturated carbocycles. The Morgan fingerprint density at radius 3 is 2.85 bits per heavy atom. The van der Waals surface area contributed by atoms with Crippen LogP contribution >= 0.6 is 11.8 Å². The zero-order valence-electron chi connectivity index (χ0n) is 15.4. The fourth-order valence-corrected chi connectivity index (χ4v) is 7.56. The Morgan fingerprint density at radius 1 is 1.35 bits per heavy atom. The lowest BCUT2D eigenvalue weighted by Crippen LogP contribution is -2.56. The Bertz CT molecular complexity index is 701. The van der Waals surface area contributed by atoms with Crippen LogP contribution in [0.2, 0.25) is 0 Å². The third-order valence-corrected chi connectivity index (χ3v) is 8.65. The molecule has 0 bridgehead atoms. The van der Waals surface area contributed by atoms with Crippen LogP contribution in [0.4, 0.5) is 4.39 Å². The second-order valence-electron chi connectivity index (χ2n) is 9.00. The summed E-state index contributed by atoms with van der Waals surface area (Å²) in [4.78, 5) is 24.3. The normalized spacial score (nSPS) is 47.0. The van der Waals surface area contributed by atoms with Gasteiger partial charge in [0.25, 0.3) is 0 Å². The summed E-state index contributed by atoms with van der Waals surface area (Å²) in [6.45, 7) is 4.29. The van der Waals surface area contributed by atoms with Crippen molar-refractivity contribution < 1.29 is 19.1 Å². The summed E-state index contributed by atoms with van der Waals surface area (Å²) in [6.07, 6.45) is 9.11. The van der Waals surface area contributed by atoms with Gasteiger partial charge in [-0.15, -0.1) is 0 Å². The third-order valence-electron chi connectivity index (χ3n) is 7.97. The van der Waals surface area contributed by atoms with Crippen molar-refractivity contribution in [2.45, 2.75) is 52.1 Å². The quantitative estimate of drug-likeness (QED) is 0.787. The van der Waals surface area contributed by atoms with Crippen LogP contribution in [0.3, 0.4) is 0 Å². The van der Waals surface area contributed by atoms with Gasteiger partial charge in [0.2, 0.25) is 0 Å². The second-order valence-corrected chi connectivity index (χ2v) is 9.91. The summed E-state index contributed by atoms with van der Waals surface area (Å²) in [7, 11) is 0. The number of carbonyl (C=O) groups is 2. The number of aliphatic hydroxyl groups is 1. The molecule has 0 heterocycles. The first-order chi connectivity index (χ1) is 12.3. The summed E-state index contributed by atoms with van der Waals surface area (Å²) in [5.74, 6) is 0.705. The molecule has 0 saturated heterocycles. The Kier molecular flexibility index (Phi) is 4.47. The average molecular weight is 379 g/mol. The minimum atomic E-state index is -0.671. The van der Waals surface area contributed by atoms with Crippen LogP contribution in [-0.4, -0.2) is 28.1 Å². The van der Waals surface area contributed by atoms with Gasteiger partial charge in [-0.3, -0.25) is 9.59 Å². The molecule has 0 spiro atoms. The molecule has 0 aromatic heterocycles. The highest BCUT2D eigenvalue weighted by molar-refractivity contribution is 8.13. The van der Waals surface area contributed by atoms with Crippen LogP contribution in [0, 0.1) is 34.5 Å². The SMILES string of the molecule is C[C@]12CC(O)C3C(CCC4=CC(=O)C=C[C@@]43C)C1CCC2C(=O)SCF. The molecule has 3 nitrogen and oxygen atoms in total. The van der Waals surface area contributed by atoms with Gasteiger partial charge in [0.05, 0.1) is 6.10 Å². The molecule has 0 amide bonds. The average Bonchev–Trinajstić information content (AvgIpc) is 2.92. The monoisotopic (exact) mass is 378 g/mol. The number of alkyl halides is 1. The summed E-state index contributed by atoms with van der Waals surface area (Å²) in [6, 6.07) is -0.671. The minimum absolute atomic E-state index is 0.0424. The number of hydrogen-bond donors (Lipinski definition) is 1. The van der Waals surface area contributed by atoms with E-state index in [1.807, 2.05) is 6.08 Å². The predicted molar refractivity (Wildman–Crippen MR) is 100 cm³/mol. The standard InChI is InChI=1S/C21H27FO3S/c1-20-8-7-13(23)9-12(20)3-4-14-15-5-6-16(19(25)26-11-22)21(15,2)10-17(24)18(14)20/h7-9,14-18,24H,3-6,10-11H2,1-2H3/t14?,15?,16?,17?,18?,20-,21-/m0/s1. The first-order valence-electron chi connectivity index (χ1n) is 9.66. The fourth-order valence-electron chi connectivity index (χ4n) is 6.87. The first kappa shape index (κ1) is 18.4. The van der Waals surface area contributed by atoms with Gasteiger partial charge >= 0.3 is 0 Å². The zero-order chi connectivity index (χ0) is 18.7. The molecule has 3 fully saturated rings. The largest absolute Gasteiger partial charge is 0.393 e. The fraction of sp³-hybridized carbons (Fsp3) is 0.714. The molecule has 26 heavy (non-hydrogen) atoms. The number of carbonyl (C=O) groups excluding carboxylic acids is 2. The molecule has 0 radical (unpaired) electrons. The van der Waals surface area contributed by atoms with E-state index in [1.165, 1.54) is 0 Å². The molecule has 7 atom stereocenters. The van der Waals surface area contributed by atoms with E-state index >= 15 is 0 Å². The maximum absolute atomic E-state index is 12.7. The van der Waals surface area contributed by atoms with E-state index in [4.69, 9.17) is 0 Å². The van der Waals surface area contributed by atoms with Crippen LogP contribution in [-0.2, 0) is 9.59 Å². The maximum atomic E-state index is 12.7. The highest BCUT2D eigenvalue weighted by Crippen LogP contribution is 2.66. The molecule has 1 N–H and O–H groups in total. The van der Waals surface area contributed by atoms with Gasteiger partial charge in [-0.1, -0.05) is 37.3 Å². The van der Waals surface area contributed by atoms with Crippen LogP contribution in [0.1, 0.15) is 46.0 Å². The molecular formula is C21H27FO3S. The lowest BCUT2D eigenvalue weighted by Gasteiger charge is -2.58. The highest BCUT2D eigenvalue weighted by Gasteiger charge is 2.62. The Hall–Kier alpha value is -0.940. The zero-order valence-corrected chi connectivity index (χ0v) is 16.2. The van der Waals surface area contributed by atoms with E-state index in [0.717, 1.165) is 43.0 Å². The Labute approximate surface area is 158 Å². The van der Waals surface area contributed by atoms with Crippen LogP contribution in [0.15, 0.2) is 23.8 Å². The number of hydrogen-bond acceptors (Lipinski definition) is 4.